The van der Waals surface area contributed by atoms with E-state index in [9.17, 15) is 0 Å². The molecule has 0 aliphatic rings. The van der Waals surface area contributed by atoms with Gasteiger partial charge in [0.05, 0.1) is 5.69 Å². The molecule has 0 atom stereocenters. The highest BCUT2D eigenvalue weighted by Gasteiger charge is 2.03. The van der Waals surface area contributed by atoms with Crippen molar-refractivity contribution in [1.29, 1.82) is 0 Å². The van der Waals surface area contributed by atoms with Crippen LogP contribution in [0.2, 0.25) is 0 Å². The summed E-state index contributed by atoms with van der Waals surface area (Å²) >= 11 is 0. The Bertz CT molecular complexity index is 420. The molecule has 2 N–H and O–H groups in total. The summed E-state index contributed by atoms with van der Waals surface area (Å²) < 4.78 is 1.61. The molecule has 5 heteroatoms. The fraction of sp³-hybridized carbons (Fsp3) is 0.125. The smallest absolute Gasteiger partial charge is 0.174 e. The minimum absolute atomic E-state index is 0.477. The van der Waals surface area contributed by atoms with Gasteiger partial charge in [-0.25, -0.2) is 9.67 Å². The van der Waals surface area contributed by atoms with Crippen molar-refractivity contribution < 1.29 is 0 Å². The minimum Gasteiger partial charge on any atom is -0.382 e. The molecule has 66 valence electrons. The molecule has 0 aromatic carbocycles. The second-order valence-corrected chi connectivity index (χ2v) is 2.65. The largest absolute Gasteiger partial charge is 0.382 e. The van der Waals surface area contributed by atoms with Crippen LogP contribution in [0, 0.1) is 6.92 Å². The highest BCUT2D eigenvalue weighted by atomic mass is 15.3. The molecule has 0 spiro atoms. The average Bonchev–Trinajstić information content (AvgIpc) is 2.53. The molecule has 2 rings (SSSR count). The van der Waals surface area contributed by atoms with Gasteiger partial charge < -0.3 is 5.73 Å². The number of hydrogen-bond acceptors (Lipinski definition) is 4. The van der Waals surface area contributed by atoms with E-state index in [1.54, 1.807) is 29.3 Å². The van der Waals surface area contributed by atoms with E-state index in [1.807, 2.05) is 6.92 Å². The first-order valence-corrected chi connectivity index (χ1v) is 3.86. The normalized spacial score (nSPS) is 10.2. The van der Waals surface area contributed by atoms with E-state index in [2.05, 4.69) is 15.1 Å². The van der Waals surface area contributed by atoms with Gasteiger partial charge in [0.2, 0.25) is 0 Å². The Kier molecular flexibility index (Phi) is 1.70. The third-order valence-electron chi connectivity index (χ3n) is 1.68. The molecule has 0 radical (unpaired) electrons. The van der Waals surface area contributed by atoms with Crippen molar-refractivity contribution in [3.63, 3.8) is 0 Å². The highest BCUT2D eigenvalue weighted by molar-refractivity contribution is 5.31. The van der Waals surface area contributed by atoms with Crippen LogP contribution in [0.4, 0.5) is 5.82 Å². The quantitative estimate of drug-likeness (QED) is 0.687. The van der Waals surface area contributed by atoms with Gasteiger partial charge in [-0.05, 0) is 6.92 Å². The van der Waals surface area contributed by atoms with Gasteiger partial charge in [0, 0.05) is 24.7 Å². The van der Waals surface area contributed by atoms with Crippen molar-refractivity contribution in [2.45, 2.75) is 6.92 Å². The fourth-order valence-electron chi connectivity index (χ4n) is 1.08. The van der Waals surface area contributed by atoms with E-state index in [4.69, 9.17) is 5.73 Å². The topological polar surface area (TPSA) is 69.6 Å². The maximum absolute atomic E-state index is 5.49. The summed E-state index contributed by atoms with van der Waals surface area (Å²) in [6, 6.07) is 1.72. The van der Waals surface area contributed by atoms with Crippen LogP contribution in [-0.4, -0.2) is 19.7 Å². The van der Waals surface area contributed by atoms with Crippen molar-refractivity contribution in [1.82, 2.24) is 19.7 Å². The number of rotatable bonds is 1. The Morgan fingerprint density at radius 1 is 1.31 bits per heavy atom. The third-order valence-corrected chi connectivity index (χ3v) is 1.68. The maximum Gasteiger partial charge on any atom is 0.174 e. The second-order valence-electron chi connectivity index (χ2n) is 2.65. The molecule has 13 heavy (non-hydrogen) atoms. The highest BCUT2D eigenvalue weighted by Crippen LogP contribution is 2.07. The zero-order valence-corrected chi connectivity index (χ0v) is 7.18. The van der Waals surface area contributed by atoms with Crippen LogP contribution in [0.25, 0.3) is 5.82 Å². The lowest BCUT2D eigenvalue weighted by Crippen LogP contribution is -2.02. The average molecular weight is 175 g/mol. The van der Waals surface area contributed by atoms with Crippen molar-refractivity contribution in [2.24, 2.45) is 0 Å². The first-order chi connectivity index (χ1) is 6.27. The molecule has 0 aliphatic heterocycles. The maximum atomic E-state index is 5.49. The van der Waals surface area contributed by atoms with Gasteiger partial charge in [-0.15, -0.1) is 5.10 Å². The van der Waals surface area contributed by atoms with E-state index < -0.39 is 0 Å². The number of hydrogen-bond donors (Lipinski definition) is 1. The molecular weight excluding hydrogens is 166 g/mol. The van der Waals surface area contributed by atoms with Crippen molar-refractivity contribution in [3.05, 3.63) is 30.4 Å². The number of aryl methyl sites for hydroxylation is 1. The Morgan fingerprint density at radius 3 is 2.69 bits per heavy atom. The van der Waals surface area contributed by atoms with Crippen LogP contribution in [0.5, 0.6) is 0 Å². The lowest BCUT2D eigenvalue weighted by molar-refractivity contribution is 0.828. The van der Waals surface area contributed by atoms with Crippen LogP contribution >= 0.6 is 0 Å². The van der Waals surface area contributed by atoms with E-state index >= 15 is 0 Å². The van der Waals surface area contributed by atoms with Crippen LogP contribution in [0.1, 0.15) is 5.69 Å². The minimum atomic E-state index is 0.477. The molecule has 0 unspecified atom stereocenters. The molecule has 0 amide bonds. The van der Waals surface area contributed by atoms with Crippen molar-refractivity contribution >= 4 is 5.82 Å². The first-order valence-electron chi connectivity index (χ1n) is 3.86. The van der Waals surface area contributed by atoms with Gasteiger partial charge in [-0.2, -0.15) is 0 Å². The van der Waals surface area contributed by atoms with Crippen LogP contribution in [0.3, 0.4) is 0 Å². The Hall–Kier alpha value is -1.91. The predicted octanol–water partition coefficient (Wildman–Crippen LogP) is 0.553. The SMILES string of the molecule is Cc1nccnc1-n1ccc(N)n1. The molecule has 0 saturated carbocycles. The van der Waals surface area contributed by atoms with E-state index in [0.29, 0.717) is 11.6 Å². The van der Waals surface area contributed by atoms with E-state index in [-0.39, 0.29) is 0 Å². The van der Waals surface area contributed by atoms with Gasteiger partial charge in [-0.3, -0.25) is 4.98 Å². The summed E-state index contributed by atoms with van der Waals surface area (Å²) in [5, 5.41) is 4.03. The van der Waals surface area contributed by atoms with Gasteiger partial charge in [0.25, 0.3) is 0 Å². The van der Waals surface area contributed by atoms with Gasteiger partial charge in [-0.1, -0.05) is 0 Å². The molecule has 0 aliphatic carbocycles. The van der Waals surface area contributed by atoms with Gasteiger partial charge >= 0.3 is 0 Å². The zero-order chi connectivity index (χ0) is 9.26. The van der Waals surface area contributed by atoms with Crippen molar-refractivity contribution in [2.75, 3.05) is 5.73 Å². The summed E-state index contributed by atoms with van der Waals surface area (Å²) in [4.78, 5) is 8.24. The van der Waals surface area contributed by atoms with Gasteiger partial charge in [0.1, 0.15) is 5.82 Å². The van der Waals surface area contributed by atoms with E-state index in [1.165, 1.54) is 0 Å². The molecule has 0 saturated heterocycles. The van der Waals surface area contributed by atoms with E-state index in [0.717, 1.165) is 5.69 Å². The van der Waals surface area contributed by atoms with Crippen LogP contribution in [-0.2, 0) is 0 Å². The second kappa shape index (κ2) is 2.85. The molecule has 5 nitrogen and oxygen atoms in total. The summed E-state index contributed by atoms with van der Waals surface area (Å²) in [5.74, 6) is 1.18. The van der Waals surface area contributed by atoms with Crippen LogP contribution < -0.4 is 5.73 Å². The number of nitrogens with two attached hydrogens (primary N) is 1. The molecule has 0 fully saturated rings. The van der Waals surface area contributed by atoms with Gasteiger partial charge in [0.15, 0.2) is 5.82 Å². The Morgan fingerprint density at radius 2 is 2.08 bits per heavy atom. The molecular formula is C8H9N5. The molecule has 0 bridgehead atoms. The Balaban J connectivity index is 2.52. The number of aromatic nitrogens is 4. The number of anilines is 1. The number of nitrogen functional groups attached to an aromatic ring is 1. The monoisotopic (exact) mass is 175 g/mol. The standard InChI is InChI=1S/C8H9N5/c1-6-8(11-4-3-10-6)13-5-2-7(9)12-13/h2-5H,1H3,(H2,9,12). The fourth-order valence-corrected chi connectivity index (χ4v) is 1.08. The zero-order valence-electron chi connectivity index (χ0n) is 7.18. The lowest BCUT2D eigenvalue weighted by atomic mass is 10.4. The molecule has 2 heterocycles. The summed E-state index contributed by atoms with van der Waals surface area (Å²) in [6.07, 6.45) is 5.03. The molecule has 2 aromatic rings. The lowest BCUT2D eigenvalue weighted by Gasteiger charge is -2.01. The Labute approximate surface area is 75.2 Å². The summed E-state index contributed by atoms with van der Waals surface area (Å²) in [6.45, 7) is 1.88. The third kappa shape index (κ3) is 1.35. The first kappa shape index (κ1) is 7.72. The van der Waals surface area contributed by atoms with Crippen molar-refractivity contribution in [3.8, 4) is 5.82 Å². The van der Waals surface area contributed by atoms with Crippen LogP contribution in [0.15, 0.2) is 24.7 Å². The number of nitrogens with zero attached hydrogens (tertiary/aromatic N) is 4. The predicted molar refractivity (Wildman–Crippen MR) is 48.3 cm³/mol. The molecule has 2 aromatic heterocycles. The summed E-state index contributed by atoms with van der Waals surface area (Å²) in [7, 11) is 0. The summed E-state index contributed by atoms with van der Waals surface area (Å²) in [5.41, 5.74) is 6.31.